The molecule has 0 aliphatic heterocycles. The summed E-state index contributed by atoms with van der Waals surface area (Å²) >= 11 is 0. The van der Waals surface area contributed by atoms with Gasteiger partial charge in [-0.2, -0.15) is 0 Å². The van der Waals surface area contributed by atoms with Crippen molar-refractivity contribution in [2.24, 2.45) is 0 Å². The largest absolute Gasteiger partial charge is 0.313 e. The molecule has 0 fully saturated rings. The van der Waals surface area contributed by atoms with Gasteiger partial charge in [0.05, 0.1) is 0 Å². The molecule has 0 unspecified atom stereocenters. The molecule has 1 rings (SSSR count). The molecule has 1 N–H and O–H groups in total. The molecule has 1 aromatic rings. The van der Waals surface area contributed by atoms with Gasteiger partial charge in [0, 0.05) is 6.54 Å². The molecule has 0 atom stereocenters. The molecule has 0 bridgehead atoms. The second-order valence-electron chi connectivity index (χ2n) is 4.02. The van der Waals surface area contributed by atoms with Crippen molar-refractivity contribution in [3.8, 4) is 0 Å². The molecule has 0 amide bonds. The number of rotatable bonds is 6. The Bertz CT molecular complexity index is 315. The minimum Gasteiger partial charge on any atom is -0.313 e. The van der Waals surface area contributed by atoms with E-state index in [-0.39, 0.29) is 0 Å². The van der Waals surface area contributed by atoms with Crippen LogP contribution in [0.2, 0.25) is 0 Å². The van der Waals surface area contributed by atoms with Crippen molar-refractivity contribution in [3.63, 3.8) is 0 Å². The SMILES string of the molecule is C=C(CC)CNCCc1cccc(C)c1. The van der Waals surface area contributed by atoms with E-state index < -0.39 is 0 Å². The van der Waals surface area contributed by atoms with Crippen LogP contribution in [0.15, 0.2) is 36.4 Å². The Balaban J connectivity index is 2.23. The van der Waals surface area contributed by atoms with Gasteiger partial charge in [0.15, 0.2) is 0 Å². The van der Waals surface area contributed by atoms with Crippen molar-refractivity contribution in [2.75, 3.05) is 13.1 Å². The molecule has 1 aromatic carbocycles. The standard InChI is InChI=1S/C14H21N/c1-4-12(2)11-15-9-8-14-7-5-6-13(3)10-14/h5-7,10,15H,2,4,8-9,11H2,1,3H3. The Morgan fingerprint density at radius 1 is 1.40 bits per heavy atom. The maximum Gasteiger partial charge on any atom is 0.0161 e. The van der Waals surface area contributed by atoms with Crippen LogP contribution in [-0.2, 0) is 6.42 Å². The minimum absolute atomic E-state index is 0.947. The molecule has 0 spiro atoms. The number of nitrogens with one attached hydrogen (secondary N) is 1. The van der Waals surface area contributed by atoms with Crippen LogP contribution in [0.3, 0.4) is 0 Å². The maximum absolute atomic E-state index is 3.97. The van der Waals surface area contributed by atoms with Gasteiger partial charge in [-0.05, 0) is 31.9 Å². The summed E-state index contributed by atoms with van der Waals surface area (Å²) in [6.07, 6.45) is 2.16. The first-order chi connectivity index (χ1) is 7.22. The lowest BCUT2D eigenvalue weighted by atomic mass is 10.1. The molecule has 0 aromatic heterocycles. The second-order valence-corrected chi connectivity index (χ2v) is 4.02. The number of benzene rings is 1. The summed E-state index contributed by atoms with van der Waals surface area (Å²) in [6.45, 7) is 10.2. The van der Waals surface area contributed by atoms with Gasteiger partial charge in [-0.25, -0.2) is 0 Å². The minimum atomic E-state index is 0.947. The Kier molecular flexibility index (Phi) is 5.13. The molecule has 0 aliphatic carbocycles. The highest BCUT2D eigenvalue weighted by molar-refractivity contribution is 5.22. The summed E-state index contributed by atoms with van der Waals surface area (Å²) in [5.41, 5.74) is 4.02. The first kappa shape index (κ1) is 12.0. The van der Waals surface area contributed by atoms with E-state index in [2.05, 4.69) is 50.0 Å². The highest BCUT2D eigenvalue weighted by Gasteiger charge is 1.94. The number of hydrogen-bond acceptors (Lipinski definition) is 1. The highest BCUT2D eigenvalue weighted by atomic mass is 14.8. The fourth-order valence-corrected chi connectivity index (χ4v) is 1.49. The molecule has 15 heavy (non-hydrogen) atoms. The Hall–Kier alpha value is -1.08. The van der Waals surface area contributed by atoms with Crippen LogP contribution in [0, 0.1) is 6.92 Å². The lowest BCUT2D eigenvalue weighted by Crippen LogP contribution is -2.19. The summed E-state index contributed by atoms with van der Waals surface area (Å²) in [5, 5.41) is 3.40. The van der Waals surface area contributed by atoms with Crippen LogP contribution < -0.4 is 5.32 Å². The normalized spacial score (nSPS) is 10.3. The third-order valence-corrected chi connectivity index (χ3v) is 2.55. The summed E-state index contributed by atoms with van der Waals surface area (Å²) in [6, 6.07) is 8.69. The van der Waals surface area contributed by atoms with E-state index in [0.29, 0.717) is 0 Å². The predicted molar refractivity (Wildman–Crippen MR) is 67.2 cm³/mol. The van der Waals surface area contributed by atoms with Crippen LogP contribution >= 0.6 is 0 Å². The predicted octanol–water partition coefficient (Wildman–Crippen LogP) is 3.09. The monoisotopic (exact) mass is 203 g/mol. The van der Waals surface area contributed by atoms with Crippen molar-refractivity contribution >= 4 is 0 Å². The van der Waals surface area contributed by atoms with Crippen LogP contribution in [0.4, 0.5) is 0 Å². The molecule has 1 heteroatoms. The summed E-state index contributed by atoms with van der Waals surface area (Å²) in [4.78, 5) is 0. The zero-order valence-corrected chi connectivity index (χ0v) is 9.84. The molecule has 82 valence electrons. The van der Waals surface area contributed by atoms with Gasteiger partial charge >= 0.3 is 0 Å². The molecule has 0 aliphatic rings. The van der Waals surface area contributed by atoms with Crippen LogP contribution in [0.5, 0.6) is 0 Å². The van der Waals surface area contributed by atoms with Crippen molar-refractivity contribution in [3.05, 3.63) is 47.5 Å². The van der Waals surface area contributed by atoms with Gasteiger partial charge in [0.25, 0.3) is 0 Å². The third-order valence-electron chi connectivity index (χ3n) is 2.55. The molecular weight excluding hydrogens is 182 g/mol. The molecule has 1 nitrogen and oxygen atoms in total. The van der Waals surface area contributed by atoms with E-state index in [9.17, 15) is 0 Å². The maximum atomic E-state index is 3.97. The molecule has 0 heterocycles. The molecule has 0 radical (unpaired) electrons. The first-order valence-corrected chi connectivity index (χ1v) is 5.65. The smallest absolute Gasteiger partial charge is 0.0161 e. The van der Waals surface area contributed by atoms with E-state index >= 15 is 0 Å². The van der Waals surface area contributed by atoms with Gasteiger partial charge in [-0.1, -0.05) is 48.9 Å². The van der Waals surface area contributed by atoms with E-state index in [0.717, 1.165) is 25.9 Å². The molecule has 0 saturated heterocycles. The summed E-state index contributed by atoms with van der Waals surface area (Å²) in [7, 11) is 0. The van der Waals surface area contributed by atoms with Crippen LogP contribution in [0.1, 0.15) is 24.5 Å². The first-order valence-electron chi connectivity index (χ1n) is 5.65. The Morgan fingerprint density at radius 2 is 2.20 bits per heavy atom. The fraction of sp³-hybridized carbons (Fsp3) is 0.429. The lowest BCUT2D eigenvalue weighted by molar-refractivity contribution is 0.717. The average Bonchev–Trinajstić information content (AvgIpc) is 2.24. The average molecular weight is 203 g/mol. The van der Waals surface area contributed by atoms with Crippen molar-refractivity contribution in [1.82, 2.24) is 5.32 Å². The molecular formula is C14H21N. The lowest BCUT2D eigenvalue weighted by Gasteiger charge is -2.06. The van der Waals surface area contributed by atoms with Crippen molar-refractivity contribution in [2.45, 2.75) is 26.7 Å². The summed E-state index contributed by atoms with van der Waals surface area (Å²) in [5.74, 6) is 0. The van der Waals surface area contributed by atoms with E-state index in [1.807, 2.05) is 0 Å². The van der Waals surface area contributed by atoms with E-state index in [1.54, 1.807) is 0 Å². The second kappa shape index (κ2) is 6.41. The topological polar surface area (TPSA) is 12.0 Å². The van der Waals surface area contributed by atoms with Crippen LogP contribution in [-0.4, -0.2) is 13.1 Å². The van der Waals surface area contributed by atoms with Gasteiger partial charge in [-0.3, -0.25) is 0 Å². The van der Waals surface area contributed by atoms with E-state index in [4.69, 9.17) is 0 Å². The Labute approximate surface area is 93.2 Å². The van der Waals surface area contributed by atoms with Crippen LogP contribution in [0.25, 0.3) is 0 Å². The highest BCUT2D eigenvalue weighted by Crippen LogP contribution is 2.04. The zero-order chi connectivity index (χ0) is 11.1. The van der Waals surface area contributed by atoms with Gasteiger partial charge in [0.2, 0.25) is 0 Å². The van der Waals surface area contributed by atoms with Crippen molar-refractivity contribution < 1.29 is 0 Å². The fourth-order valence-electron chi connectivity index (χ4n) is 1.49. The van der Waals surface area contributed by atoms with E-state index in [1.165, 1.54) is 16.7 Å². The molecule has 0 saturated carbocycles. The van der Waals surface area contributed by atoms with Gasteiger partial charge < -0.3 is 5.32 Å². The van der Waals surface area contributed by atoms with Gasteiger partial charge in [0.1, 0.15) is 0 Å². The van der Waals surface area contributed by atoms with Gasteiger partial charge in [-0.15, -0.1) is 0 Å². The third kappa shape index (κ3) is 4.80. The summed E-state index contributed by atoms with van der Waals surface area (Å²) < 4.78 is 0. The van der Waals surface area contributed by atoms with Crippen molar-refractivity contribution in [1.29, 1.82) is 0 Å². The number of hydrogen-bond donors (Lipinski definition) is 1. The quantitative estimate of drug-likeness (QED) is 0.553. The Morgan fingerprint density at radius 3 is 2.87 bits per heavy atom. The number of aryl methyl sites for hydroxylation is 1. The zero-order valence-electron chi connectivity index (χ0n) is 9.84.